The fraction of sp³-hybridized carbons (Fsp3) is 0.750. The Bertz CT molecular complexity index is 66.3. The van der Waals surface area contributed by atoms with Crippen molar-refractivity contribution in [3.05, 3.63) is 0 Å². The molecule has 8 heavy (non-hydrogen) atoms. The molecule has 0 aromatic heterocycles. The van der Waals surface area contributed by atoms with Crippen LogP contribution in [0, 0.1) is 0 Å². The van der Waals surface area contributed by atoms with Crippen LogP contribution in [0.15, 0.2) is 0 Å². The Morgan fingerprint density at radius 3 is 2.88 bits per heavy atom. The average Bonchev–Trinajstić information content (AvgIpc) is 1.83. The van der Waals surface area contributed by atoms with Gasteiger partial charge in [0.25, 0.3) is 0 Å². The molecule has 0 amide bonds. The van der Waals surface area contributed by atoms with E-state index in [2.05, 4.69) is 4.74 Å². The molecule has 0 aromatic carbocycles. The van der Waals surface area contributed by atoms with E-state index in [1.54, 1.807) is 0 Å². The molecule has 0 bridgehead atoms. The van der Waals surface area contributed by atoms with Gasteiger partial charge in [-0.25, -0.2) is 0 Å². The predicted molar refractivity (Wildman–Crippen MR) is 26.7 cm³/mol. The highest BCUT2D eigenvalue weighted by Gasteiger charge is 1.96. The highest BCUT2D eigenvalue weighted by molar-refractivity contribution is 5.55. The second kappa shape index (κ2) is 4.70. The zero-order valence-electron chi connectivity index (χ0n) is 4.33. The van der Waals surface area contributed by atoms with E-state index in [4.69, 9.17) is 10.8 Å². The van der Waals surface area contributed by atoms with Crippen LogP contribution in [0.3, 0.4) is 0 Å². The lowest BCUT2D eigenvalue weighted by molar-refractivity contribution is 0.0663. The van der Waals surface area contributed by atoms with Crippen LogP contribution < -0.4 is 5.73 Å². The molecule has 47 valence electrons. The van der Waals surface area contributed by atoms with E-state index < -0.39 is 6.23 Å². The molecule has 0 aromatic rings. The monoisotopic (exact) mass is 118 g/mol. The van der Waals surface area contributed by atoms with E-state index in [0.717, 1.165) is 0 Å². The number of nitrogens with two attached hydrogens (primary N) is 1. The Labute approximate surface area is 47.2 Å². The quantitative estimate of drug-likeness (QED) is 0.435. The maximum absolute atomic E-state index is 9.55. The van der Waals surface area contributed by atoms with Crippen molar-refractivity contribution < 1.29 is 14.6 Å². The van der Waals surface area contributed by atoms with Crippen LogP contribution in [0.1, 0.15) is 0 Å². The summed E-state index contributed by atoms with van der Waals surface area (Å²) in [5.74, 6) is 0. The molecular formula is C4H8NO3. The van der Waals surface area contributed by atoms with Crippen LogP contribution in [0.25, 0.3) is 0 Å². The van der Waals surface area contributed by atoms with Crippen molar-refractivity contribution in [1.29, 1.82) is 0 Å². The molecule has 0 aliphatic heterocycles. The summed E-state index contributed by atoms with van der Waals surface area (Å²) in [6.07, 6.45) is 0.382. The molecule has 0 rings (SSSR count). The third kappa shape index (κ3) is 3.73. The molecule has 4 nitrogen and oxygen atoms in total. The molecule has 1 atom stereocenters. The first-order chi connectivity index (χ1) is 3.81. The standard InChI is InChI=1S/C4H8NO3/c5-4(3-7)8-2-1-6/h4,6H,1-2,5H2. The molecule has 0 saturated carbocycles. The van der Waals surface area contributed by atoms with Gasteiger partial charge >= 0.3 is 0 Å². The van der Waals surface area contributed by atoms with E-state index in [1.165, 1.54) is 6.29 Å². The highest BCUT2D eigenvalue weighted by atomic mass is 16.5. The van der Waals surface area contributed by atoms with E-state index in [9.17, 15) is 4.79 Å². The predicted octanol–water partition coefficient (Wildman–Crippen LogP) is -1.61. The summed E-state index contributed by atoms with van der Waals surface area (Å²) in [4.78, 5) is 9.55. The molecule has 0 spiro atoms. The van der Waals surface area contributed by atoms with Crippen LogP contribution in [-0.4, -0.2) is 30.8 Å². The first-order valence-electron chi connectivity index (χ1n) is 2.17. The van der Waals surface area contributed by atoms with Crippen molar-refractivity contribution in [2.75, 3.05) is 13.2 Å². The number of hydrogen-bond donors (Lipinski definition) is 2. The number of carbonyl (C=O) groups excluding carboxylic acids is 1. The maximum atomic E-state index is 9.55. The van der Waals surface area contributed by atoms with Gasteiger partial charge in [-0.15, -0.1) is 0 Å². The third-order valence-corrected chi connectivity index (χ3v) is 0.505. The van der Waals surface area contributed by atoms with Crippen LogP contribution in [0.5, 0.6) is 0 Å². The van der Waals surface area contributed by atoms with Crippen LogP contribution in [0.2, 0.25) is 0 Å². The molecule has 0 fully saturated rings. The fourth-order valence-corrected chi connectivity index (χ4v) is 0.214. The summed E-state index contributed by atoms with van der Waals surface area (Å²) in [7, 11) is 0. The number of hydrogen-bond acceptors (Lipinski definition) is 4. The van der Waals surface area contributed by atoms with Crippen molar-refractivity contribution in [1.82, 2.24) is 0 Å². The Morgan fingerprint density at radius 1 is 1.88 bits per heavy atom. The van der Waals surface area contributed by atoms with Crippen molar-refractivity contribution in [2.45, 2.75) is 6.23 Å². The average molecular weight is 118 g/mol. The second-order valence-corrected chi connectivity index (χ2v) is 1.13. The summed E-state index contributed by atoms with van der Waals surface area (Å²) in [6, 6.07) is 0. The van der Waals surface area contributed by atoms with Gasteiger partial charge in [0.1, 0.15) is 0 Å². The zero-order valence-corrected chi connectivity index (χ0v) is 4.33. The molecule has 0 aliphatic carbocycles. The van der Waals surface area contributed by atoms with Crippen molar-refractivity contribution in [3.8, 4) is 0 Å². The molecular weight excluding hydrogens is 110 g/mol. The first-order valence-corrected chi connectivity index (χ1v) is 2.17. The minimum Gasteiger partial charge on any atom is -0.394 e. The van der Waals surface area contributed by atoms with Crippen molar-refractivity contribution in [3.63, 3.8) is 0 Å². The van der Waals surface area contributed by atoms with Gasteiger partial charge in [0, 0.05) is 0 Å². The van der Waals surface area contributed by atoms with Gasteiger partial charge in [0.15, 0.2) is 6.23 Å². The minimum absolute atomic E-state index is 0.0798. The number of aliphatic hydroxyl groups is 1. The van der Waals surface area contributed by atoms with Gasteiger partial charge in [0.05, 0.1) is 13.2 Å². The molecule has 1 radical (unpaired) electrons. The van der Waals surface area contributed by atoms with Gasteiger partial charge in [-0.3, -0.25) is 10.5 Å². The summed E-state index contributed by atoms with van der Waals surface area (Å²) >= 11 is 0. The Morgan fingerprint density at radius 2 is 2.50 bits per heavy atom. The molecule has 3 N–H and O–H groups in total. The van der Waals surface area contributed by atoms with Gasteiger partial charge in [-0.1, -0.05) is 0 Å². The Balaban J connectivity index is 2.98. The van der Waals surface area contributed by atoms with Gasteiger partial charge in [-0.05, 0) is 0 Å². The highest BCUT2D eigenvalue weighted by Crippen LogP contribution is 1.74. The summed E-state index contributed by atoms with van der Waals surface area (Å²) in [5.41, 5.74) is 4.90. The molecule has 0 saturated heterocycles. The normalized spacial score (nSPS) is 13.2. The van der Waals surface area contributed by atoms with E-state index >= 15 is 0 Å². The third-order valence-electron chi connectivity index (χ3n) is 0.505. The van der Waals surface area contributed by atoms with E-state index in [1.807, 2.05) is 0 Å². The largest absolute Gasteiger partial charge is 0.394 e. The lowest BCUT2D eigenvalue weighted by atomic mass is 10.6. The van der Waals surface area contributed by atoms with Gasteiger partial charge in [-0.2, -0.15) is 0 Å². The molecule has 0 heterocycles. The van der Waals surface area contributed by atoms with Crippen molar-refractivity contribution in [2.24, 2.45) is 5.73 Å². The smallest absolute Gasteiger partial charge is 0.245 e. The maximum Gasteiger partial charge on any atom is 0.245 e. The topological polar surface area (TPSA) is 72.6 Å². The Kier molecular flexibility index (Phi) is 4.44. The lowest BCUT2D eigenvalue weighted by Gasteiger charge is -2.00. The molecule has 4 heteroatoms. The van der Waals surface area contributed by atoms with E-state index in [-0.39, 0.29) is 13.2 Å². The summed E-state index contributed by atoms with van der Waals surface area (Å²) in [6.45, 7) is -0.0498. The first kappa shape index (κ1) is 7.55. The molecule has 0 aliphatic rings. The van der Waals surface area contributed by atoms with Crippen LogP contribution in [-0.2, 0) is 9.53 Å². The number of aliphatic hydroxyl groups excluding tert-OH is 1. The molecule has 1 unspecified atom stereocenters. The number of ether oxygens (including phenoxy) is 1. The van der Waals surface area contributed by atoms with E-state index in [0.29, 0.717) is 0 Å². The zero-order chi connectivity index (χ0) is 6.41. The van der Waals surface area contributed by atoms with Crippen molar-refractivity contribution >= 4 is 6.29 Å². The fourth-order valence-electron chi connectivity index (χ4n) is 0.214. The summed E-state index contributed by atoms with van der Waals surface area (Å²) in [5, 5.41) is 8.10. The Hall–Kier alpha value is -0.450. The van der Waals surface area contributed by atoms with Gasteiger partial charge < -0.3 is 9.84 Å². The summed E-state index contributed by atoms with van der Waals surface area (Å²) < 4.78 is 4.44. The minimum atomic E-state index is -1.01. The van der Waals surface area contributed by atoms with Crippen LogP contribution >= 0.6 is 0 Å². The lowest BCUT2D eigenvalue weighted by Crippen LogP contribution is -2.26. The second-order valence-electron chi connectivity index (χ2n) is 1.13. The van der Waals surface area contributed by atoms with Crippen LogP contribution in [0.4, 0.5) is 0 Å². The number of rotatable bonds is 4. The SMILES string of the molecule is NC([C]=O)OCCO. The van der Waals surface area contributed by atoms with Gasteiger partial charge in [0.2, 0.25) is 6.29 Å².